The number of rotatable bonds is 4. The largest absolute Gasteiger partial charge is 0.324 e. The maximum Gasteiger partial charge on any atom is 0.217 e. The summed E-state index contributed by atoms with van der Waals surface area (Å²) in [7, 11) is -0.228. The van der Waals surface area contributed by atoms with Gasteiger partial charge in [-0.25, -0.2) is 12.7 Å². The molecular weight excluding hydrogens is 427 g/mol. The third-order valence-corrected chi connectivity index (χ3v) is 7.49. The van der Waals surface area contributed by atoms with E-state index in [0.717, 1.165) is 35.1 Å². The Morgan fingerprint density at radius 1 is 1.04 bits per heavy atom. The average Bonchev–Trinajstić information content (AvgIpc) is 2.58. The van der Waals surface area contributed by atoms with Gasteiger partial charge in [0.15, 0.2) is 0 Å². The van der Waals surface area contributed by atoms with Crippen molar-refractivity contribution in [2.75, 3.05) is 14.1 Å². The van der Waals surface area contributed by atoms with Crippen LogP contribution in [-0.2, 0) is 15.8 Å². The van der Waals surface area contributed by atoms with Crippen molar-refractivity contribution < 1.29 is 8.42 Å². The number of sulfonamides is 1. The van der Waals surface area contributed by atoms with Gasteiger partial charge in [-0.05, 0) is 47.2 Å². The van der Waals surface area contributed by atoms with Crippen molar-refractivity contribution in [2.24, 2.45) is 5.73 Å². The highest BCUT2D eigenvalue weighted by Crippen LogP contribution is 2.42. The standard InChI is InChI=1S/C19H22Cl2N2O2S.ClH/c1-23(2)26(24,25)11-12-3-5-15-14(6-8-19(22)16(15)9-12)13-4-7-17(20)18(21)10-13;/h3-5,7,9-10,14,19H,6,8,11,22H2,1-2H3;1H/t14-,19?;/m0./s1. The topological polar surface area (TPSA) is 63.4 Å². The van der Waals surface area contributed by atoms with Crippen molar-refractivity contribution in [3.63, 3.8) is 0 Å². The predicted octanol–water partition coefficient (Wildman–Crippen LogP) is 4.73. The van der Waals surface area contributed by atoms with Gasteiger partial charge in [-0.2, -0.15) is 0 Å². The number of benzene rings is 2. The molecule has 2 N–H and O–H groups in total. The first-order valence-corrected chi connectivity index (χ1v) is 10.8. The average molecular weight is 450 g/mol. The van der Waals surface area contributed by atoms with Gasteiger partial charge >= 0.3 is 0 Å². The molecule has 0 aliphatic heterocycles. The molecule has 1 aliphatic rings. The summed E-state index contributed by atoms with van der Waals surface area (Å²) in [6, 6.07) is 11.4. The summed E-state index contributed by atoms with van der Waals surface area (Å²) < 4.78 is 25.6. The van der Waals surface area contributed by atoms with Gasteiger partial charge in [-0.1, -0.05) is 47.5 Å². The van der Waals surface area contributed by atoms with Gasteiger partial charge in [-0.3, -0.25) is 0 Å². The zero-order valence-electron chi connectivity index (χ0n) is 15.2. The SMILES string of the molecule is CN(C)S(=O)(=O)Cc1ccc2c(c1)C(N)CC[C@H]2c1ccc(Cl)c(Cl)c1.Cl. The molecule has 0 fully saturated rings. The van der Waals surface area contributed by atoms with Gasteiger partial charge in [0.25, 0.3) is 0 Å². The third kappa shape index (κ3) is 4.78. The Kier molecular flexibility index (Phi) is 7.22. The minimum atomic E-state index is -3.31. The van der Waals surface area contributed by atoms with E-state index in [-0.39, 0.29) is 30.1 Å². The lowest BCUT2D eigenvalue weighted by Crippen LogP contribution is -2.25. The molecule has 148 valence electrons. The van der Waals surface area contributed by atoms with E-state index in [4.69, 9.17) is 28.9 Å². The van der Waals surface area contributed by atoms with E-state index in [0.29, 0.717) is 10.0 Å². The summed E-state index contributed by atoms with van der Waals surface area (Å²) in [6.45, 7) is 0. The molecule has 0 saturated carbocycles. The van der Waals surface area contributed by atoms with Crippen LogP contribution in [0.4, 0.5) is 0 Å². The van der Waals surface area contributed by atoms with Gasteiger partial charge in [-0.15, -0.1) is 12.4 Å². The van der Waals surface area contributed by atoms with E-state index in [1.54, 1.807) is 14.1 Å². The predicted molar refractivity (Wildman–Crippen MR) is 114 cm³/mol. The lowest BCUT2D eigenvalue weighted by molar-refractivity contribution is 0.518. The molecule has 0 amide bonds. The highest BCUT2D eigenvalue weighted by molar-refractivity contribution is 7.88. The van der Waals surface area contributed by atoms with Crippen molar-refractivity contribution >= 4 is 45.6 Å². The fourth-order valence-corrected chi connectivity index (χ4v) is 4.59. The molecule has 2 aromatic rings. The summed E-state index contributed by atoms with van der Waals surface area (Å²) in [5.41, 5.74) is 10.3. The number of nitrogens with two attached hydrogens (primary N) is 1. The second-order valence-electron chi connectivity index (χ2n) is 6.91. The summed E-state index contributed by atoms with van der Waals surface area (Å²) in [5.74, 6) is 0.149. The fraction of sp³-hybridized carbons (Fsp3) is 0.368. The molecule has 0 heterocycles. The molecule has 2 aromatic carbocycles. The zero-order valence-corrected chi connectivity index (χ0v) is 18.3. The van der Waals surface area contributed by atoms with Crippen molar-refractivity contribution in [3.8, 4) is 0 Å². The number of hydrogen-bond acceptors (Lipinski definition) is 3. The van der Waals surface area contributed by atoms with Gasteiger partial charge in [0, 0.05) is 26.1 Å². The molecule has 3 rings (SSSR count). The van der Waals surface area contributed by atoms with E-state index in [9.17, 15) is 8.42 Å². The van der Waals surface area contributed by atoms with E-state index in [1.807, 2.05) is 36.4 Å². The second kappa shape index (κ2) is 8.68. The van der Waals surface area contributed by atoms with E-state index in [2.05, 4.69) is 0 Å². The molecule has 0 saturated heterocycles. The Balaban J connectivity index is 0.00000261. The van der Waals surface area contributed by atoms with Crippen LogP contribution in [0.5, 0.6) is 0 Å². The molecule has 1 unspecified atom stereocenters. The van der Waals surface area contributed by atoms with E-state index < -0.39 is 10.0 Å². The quantitative estimate of drug-likeness (QED) is 0.734. The van der Waals surface area contributed by atoms with E-state index in [1.165, 1.54) is 4.31 Å². The molecule has 27 heavy (non-hydrogen) atoms. The maximum absolute atomic E-state index is 12.2. The van der Waals surface area contributed by atoms with Crippen LogP contribution < -0.4 is 5.73 Å². The normalized spacial score (nSPS) is 19.5. The van der Waals surface area contributed by atoms with Gasteiger partial charge < -0.3 is 5.73 Å². The first-order chi connectivity index (χ1) is 12.2. The van der Waals surface area contributed by atoms with Crippen LogP contribution >= 0.6 is 35.6 Å². The van der Waals surface area contributed by atoms with Crippen LogP contribution in [0.3, 0.4) is 0 Å². The van der Waals surface area contributed by atoms with Gasteiger partial charge in [0.05, 0.1) is 15.8 Å². The Labute approximate surface area is 177 Å². The summed E-state index contributed by atoms with van der Waals surface area (Å²) in [4.78, 5) is 0. The minimum absolute atomic E-state index is 0. The number of halogens is 3. The molecule has 0 bridgehead atoms. The van der Waals surface area contributed by atoms with Crippen LogP contribution in [0.25, 0.3) is 0 Å². The lowest BCUT2D eigenvalue weighted by atomic mass is 9.76. The van der Waals surface area contributed by atoms with Crippen LogP contribution in [0.2, 0.25) is 10.0 Å². The van der Waals surface area contributed by atoms with Gasteiger partial charge in [0.1, 0.15) is 0 Å². The van der Waals surface area contributed by atoms with Crippen LogP contribution in [0.15, 0.2) is 36.4 Å². The summed E-state index contributed by atoms with van der Waals surface area (Å²) in [6.07, 6.45) is 1.75. The molecule has 2 atom stereocenters. The van der Waals surface area contributed by atoms with Crippen LogP contribution in [0, 0.1) is 0 Å². The number of hydrogen-bond donors (Lipinski definition) is 1. The van der Waals surface area contributed by atoms with Crippen molar-refractivity contribution in [1.29, 1.82) is 0 Å². The molecule has 0 aromatic heterocycles. The number of fused-ring (bicyclic) bond motifs is 1. The second-order valence-corrected chi connectivity index (χ2v) is 9.91. The Hall–Kier alpha value is -0.820. The smallest absolute Gasteiger partial charge is 0.217 e. The Bertz CT molecular complexity index is 933. The lowest BCUT2D eigenvalue weighted by Gasteiger charge is -2.31. The summed E-state index contributed by atoms with van der Waals surface area (Å²) in [5, 5.41) is 1.07. The Morgan fingerprint density at radius 2 is 1.74 bits per heavy atom. The third-order valence-electron chi connectivity index (χ3n) is 4.94. The highest BCUT2D eigenvalue weighted by Gasteiger charge is 2.27. The first kappa shape index (κ1) is 22.5. The van der Waals surface area contributed by atoms with Crippen molar-refractivity contribution in [2.45, 2.75) is 30.6 Å². The summed E-state index contributed by atoms with van der Waals surface area (Å²) >= 11 is 12.2. The molecule has 0 spiro atoms. The maximum atomic E-state index is 12.2. The fourth-order valence-electron chi connectivity index (χ4n) is 3.42. The van der Waals surface area contributed by atoms with Crippen LogP contribution in [0.1, 0.15) is 47.1 Å². The van der Waals surface area contributed by atoms with Crippen molar-refractivity contribution in [1.82, 2.24) is 4.31 Å². The zero-order chi connectivity index (χ0) is 19.1. The highest BCUT2D eigenvalue weighted by atomic mass is 35.5. The van der Waals surface area contributed by atoms with E-state index >= 15 is 0 Å². The Morgan fingerprint density at radius 3 is 2.37 bits per heavy atom. The van der Waals surface area contributed by atoms with Crippen LogP contribution in [-0.4, -0.2) is 26.8 Å². The molecule has 8 heteroatoms. The molecule has 0 radical (unpaired) electrons. The molecule has 4 nitrogen and oxygen atoms in total. The monoisotopic (exact) mass is 448 g/mol. The minimum Gasteiger partial charge on any atom is -0.324 e. The molecule has 1 aliphatic carbocycles. The first-order valence-electron chi connectivity index (χ1n) is 8.42. The van der Waals surface area contributed by atoms with Gasteiger partial charge in [0.2, 0.25) is 10.0 Å². The number of nitrogens with zero attached hydrogens (tertiary/aromatic N) is 1. The van der Waals surface area contributed by atoms with Crippen molar-refractivity contribution in [3.05, 3.63) is 68.7 Å². The molecular formula is C19H23Cl3N2O2S.